The van der Waals surface area contributed by atoms with E-state index in [1.54, 1.807) is 0 Å². The van der Waals surface area contributed by atoms with Gasteiger partial charge >= 0.3 is 11.9 Å². The van der Waals surface area contributed by atoms with Gasteiger partial charge in [0.15, 0.2) is 12.4 Å². The maximum atomic E-state index is 12.7. The van der Waals surface area contributed by atoms with Crippen LogP contribution in [0.1, 0.15) is 162 Å². The summed E-state index contributed by atoms with van der Waals surface area (Å²) in [6.45, 7) is 4.51. The van der Waals surface area contributed by atoms with Crippen LogP contribution in [0.4, 0.5) is 0 Å². The van der Waals surface area contributed by atoms with Crippen LogP contribution in [-0.2, 0) is 33.3 Å². The minimum Gasteiger partial charge on any atom is -0.545 e. The smallest absolute Gasteiger partial charge is 0.306 e. The van der Waals surface area contributed by atoms with Crippen LogP contribution in [0.15, 0.2) is 97.2 Å². The molecule has 352 valence electrons. The molecular weight excluding hydrogens is 779 g/mol. The molecule has 0 aromatic carbocycles. The van der Waals surface area contributed by atoms with Gasteiger partial charge in [-0.2, -0.15) is 0 Å². The summed E-state index contributed by atoms with van der Waals surface area (Å²) in [6, 6.07) is 0. The summed E-state index contributed by atoms with van der Waals surface area (Å²) in [7, 11) is 5.88. The van der Waals surface area contributed by atoms with Gasteiger partial charge < -0.3 is 33.3 Å². The van der Waals surface area contributed by atoms with Crippen molar-refractivity contribution >= 4 is 17.9 Å². The average molecular weight is 866 g/mol. The van der Waals surface area contributed by atoms with E-state index in [2.05, 4.69) is 111 Å². The number of hydrogen-bond acceptors (Lipinski definition) is 8. The van der Waals surface area contributed by atoms with Crippen molar-refractivity contribution in [2.45, 2.75) is 174 Å². The first-order chi connectivity index (χ1) is 30.1. The van der Waals surface area contributed by atoms with Crippen molar-refractivity contribution in [2.24, 2.45) is 0 Å². The third kappa shape index (κ3) is 44.3. The molecule has 0 amide bonds. The van der Waals surface area contributed by atoms with E-state index < -0.39 is 24.3 Å². The van der Waals surface area contributed by atoms with Crippen LogP contribution in [0.25, 0.3) is 0 Å². The Bertz CT molecular complexity index is 1330. The number of nitrogens with zero attached hydrogens (tertiary/aromatic N) is 1. The van der Waals surface area contributed by atoms with Crippen molar-refractivity contribution in [3.8, 4) is 0 Å². The molecule has 0 bridgehead atoms. The number of carbonyl (C=O) groups is 3. The number of allylic oxidation sites excluding steroid dienone is 16. The monoisotopic (exact) mass is 866 g/mol. The second kappa shape index (κ2) is 43.8. The highest BCUT2D eigenvalue weighted by atomic mass is 16.7. The van der Waals surface area contributed by atoms with Crippen LogP contribution in [0, 0.1) is 0 Å². The number of carboxylic acid groups (broad SMARTS) is 1. The number of carboxylic acids is 1. The number of aliphatic carboxylic acids is 1. The lowest BCUT2D eigenvalue weighted by Crippen LogP contribution is -2.44. The Morgan fingerprint density at radius 3 is 1.37 bits per heavy atom. The van der Waals surface area contributed by atoms with Crippen LogP contribution in [0.5, 0.6) is 0 Å². The molecule has 62 heavy (non-hydrogen) atoms. The molecular formula is C53H87NO8. The number of rotatable bonds is 42. The molecule has 0 N–H and O–H groups in total. The second-order valence-corrected chi connectivity index (χ2v) is 16.7. The molecule has 0 spiro atoms. The largest absolute Gasteiger partial charge is 0.545 e. The lowest BCUT2D eigenvalue weighted by atomic mass is 10.1. The first kappa shape index (κ1) is 58.2. The fourth-order valence-electron chi connectivity index (χ4n) is 5.90. The van der Waals surface area contributed by atoms with Gasteiger partial charge in [0.25, 0.3) is 0 Å². The number of unbranched alkanes of at least 4 members (excludes halogenated alkanes) is 11. The van der Waals surface area contributed by atoms with Crippen molar-refractivity contribution in [2.75, 3.05) is 47.5 Å². The van der Waals surface area contributed by atoms with Gasteiger partial charge in [-0.1, -0.05) is 169 Å². The van der Waals surface area contributed by atoms with Crippen molar-refractivity contribution in [3.63, 3.8) is 0 Å². The molecule has 0 rings (SSSR count). The lowest BCUT2D eigenvalue weighted by molar-refractivity contribution is -0.870. The third-order valence-electron chi connectivity index (χ3n) is 9.60. The quantitative estimate of drug-likeness (QED) is 0.0196. The van der Waals surface area contributed by atoms with Gasteiger partial charge in [-0.25, -0.2) is 0 Å². The number of ether oxygens (including phenoxy) is 4. The number of likely N-dealkylation sites (N-methyl/N-ethyl adjacent to an activating group) is 1. The number of carbonyl (C=O) groups excluding carboxylic acids is 3. The van der Waals surface area contributed by atoms with E-state index in [0.717, 1.165) is 122 Å². The molecule has 0 aliphatic rings. The zero-order valence-electron chi connectivity index (χ0n) is 39.7. The Kier molecular flexibility index (Phi) is 41.2. The molecule has 0 fully saturated rings. The molecule has 0 heterocycles. The van der Waals surface area contributed by atoms with Crippen molar-refractivity contribution < 1.29 is 42.9 Å². The van der Waals surface area contributed by atoms with Crippen LogP contribution >= 0.6 is 0 Å². The minimum absolute atomic E-state index is 0.140. The number of hydrogen-bond donors (Lipinski definition) is 0. The average Bonchev–Trinajstić information content (AvgIpc) is 3.23. The van der Waals surface area contributed by atoms with E-state index in [-0.39, 0.29) is 38.6 Å². The Balaban J connectivity index is 4.21. The molecule has 0 saturated heterocycles. The molecule has 0 aromatic rings. The maximum Gasteiger partial charge on any atom is 0.306 e. The molecule has 2 atom stereocenters. The molecule has 0 radical (unpaired) electrons. The molecule has 0 aromatic heterocycles. The van der Waals surface area contributed by atoms with Gasteiger partial charge in [0.05, 0.1) is 40.3 Å². The van der Waals surface area contributed by atoms with E-state index in [9.17, 15) is 19.5 Å². The predicted octanol–water partition coefficient (Wildman–Crippen LogP) is 11.7. The Morgan fingerprint density at radius 1 is 0.500 bits per heavy atom. The Labute approximate surface area is 378 Å². The van der Waals surface area contributed by atoms with Gasteiger partial charge in [0.2, 0.25) is 0 Å². The fraction of sp³-hybridized carbons (Fsp3) is 0.642. The van der Waals surface area contributed by atoms with Crippen LogP contribution in [-0.4, -0.2) is 82.3 Å². The molecule has 0 aliphatic heterocycles. The van der Waals surface area contributed by atoms with E-state index in [1.807, 2.05) is 21.1 Å². The van der Waals surface area contributed by atoms with Crippen molar-refractivity contribution in [1.29, 1.82) is 0 Å². The number of esters is 2. The van der Waals surface area contributed by atoms with E-state index in [4.69, 9.17) is 18.9 Å². The van der Waals surface area contributed by atoms with Crippen LogP contribution < -0.4 is 5.11 Å². The highest BCUT2D eigenvalue weighted by molar-refractivity contribution is 5.70. The van der Waals surface area contributed by atoms with Gasteiger partial charge in [-0.3, -0.25) is 9.59 Å². The maximum absolute atomic E-state index is 12.7. The van der Waals surface area contributed by atoms with Crippen molar-refractivity contribution in [3.05, 3.63) is 97.2 Å². The molecule has 0 saturated carbocycles. The summed E-state index contributed by atoms with van der Waals surface area (Å²) in [5, 5.41) is 11.6. The van der Waals surface area contributed by atoms with Crippen molar-refractivity contribution in [1.82, 2.24) is 0 Å². The van der Waals surface area contributed by atoms with Crippen LogP contribution in [0.3, 0.4) is 0 Å². The van der Waals surface area contributed by atoms with E-state index >= 15 is 0 Å². The molecule has 0 aliphatic carbocycles. The first-order valence-corrected chi connectivity index (χ1v) is 23.9. The zero-order chi connectivity index (χ0) is 45.6. The van der Waals surface area contributed by atoms with Gasteiger partial charge in [0.1, 0.15) is 13.2 Å². The lowest BCUT2D eigenvalue weighted by Gasteiger charge is -2.26. The Morgan fingerprint density at radius 2 is 0.919 bits per heavy atom. The summed E-state index contributed by atoms with van der Waals surface area (Å²) in [5.41, 5.74) is 0. The molecule has 9 nitrogen and oxygen atoms in total. The summed E-state index contributed by atoms with van der Waals surface area (Å²) in [5.74, 6) is -2.33. The highest BCUT2D eigenvalue weighted by Crippen LogP contribution is 2.12. The molecule has 9 heteroatoms. The van der Waals surface area contributed by atoms with Crippen LogP contribution in [0.2, 0.25) is 0 Å². The summed E-state index contributed by atoms with van der Waals surface area (Å²) in [4.78, 5) is 36.7. The standard InChI is InChI=1S/C53H87NO8/c1-6-8-10-12-14-15-16-17-18-19-20-21-22-23-24-25-26-27-28-29-30-31-32-33-34-35-36-37-38-40-42-44-51(56)62-49(47-60-50(55)43-41-39-13-11-9-7-2)48-61-53(52(57)58)59-46-45-54(3,4)5/h8,10,14-15,17-18,20-21,23-24,26-27,29-30,32-33,49,53H,6-7,9,11-13,16,19,22,25,28,31,34-48H2,1-5H3/b10-8-,15-14-,18-17-,21-20-,24-23-,27-26-,30-29-,33-32-. The fourth-order valence-corrected chi connectivity index (χ4v) is 5.90. The molecule has 2 unspecified atom stereocenters. The summed E-state index contributed by atoms with van der Waals surface area (Å²) >= 11 is 0. The second-order valence-electron chi connectivity index (χ2n) is 16.7. The van der Waals surface area contributed by atoms with Gasteiger partial charge in [0, 0.05) is 12.8 Å². The summed E-state index contributed by atoms with van der Waals surface area (Å²) < 4.78 is 22.4. The minimum atomic E-state index is -1.63. The predicted molar refractivity (Wildman–Crippen MR) is 255 cm³/mol. The van der Waals surface area contributed by atoms with Gasteiger partial charge in [-0.15, -0.1) is 0 Å². The normalized spacial score (nSPS) is 13.8. The highest BCUT2D eigenvalue weighted by Gasteiger charge is 2.21. The topological polar surface area (TPSA) is 111 Å². The zero-order valence-corrected chi connectivity index (χ0v) is 39.7. The Hall–Kier alpha value is -3.79. The van der Waals surface area contributed by atoms with E-state index in [0.29, 0.717) is 17.4 Å². The summed E-state index contributed by atoms with van der Waals surface area (Å²) in [6.07, 6.45) is 54.8. The van der Waals surface area contributed by atoms with E-state index in [1.165, 1.54) is 6.42 Å². The third-order valence-corrected chi connectivity index (χ3v) is 9.60. The van der Waals surface area contributed by atoms with Gasteiger partial charge in [-0.05, 0) is 77.0 Å². The SMILES string of the molecule is CC/C=C\C/C=C\C/C=C\C/C=C\C/C=C\C/C=C\C/C=C\C/C=C\CCCCCCCCC(=O)OC(COC(=O)CCCCCCCC)COC(OCC[N+](C)(C)C)C(=O)[O-]. The first-order valence-electron chi connectivity index (χ1n) is 23.9. The number of quaternary nitrogens is 1.